The lowest BCUT2D eigenvalue weighted by Crippen LogP contribution is -2.44. The summed E-state index contributed by atoms with van der Waals surface area (Å²) in [5.41, 5.74) is 3.57. The smallest absolute Gasteiger partial charge is 0.0708 e. The van der Waals surface area contributed by atoms with E-state index in [4.69, 9.17) is 0 Å². The van der Waals surface area contributed by atoms with Crippen molar-refractivity contribution in [3.8, 4) is 0 Å². The molecule has 2 aliphatic rings. The van der Waals surface area contributed by atoms with Gasteiger partial charge in [-0.2, -0.15) is 0 Å². The zero-order valence-corrected chi connectivity index (χ0v) is 12.5. The van der Waals surface area contributed by atoms with Gasteiger partial charge in [0.05, 0.1) is 11.6 Å². The monoisotopic (exact) mass is 282 g/mol. The lowest BCUT2D eigenvalue weighted by atomic mass is 9.98. The number of aromatic nitrogens is 1. The molecule has 2 unspecified atom stereocenters. The topological polar surface area (TPSA) is 36.4 Å². The maximum absolute atomic E-state index is 9.95. The third-order valence-electron chi connectivity index (χ3n) is 5.14. The van der Waals surface area contributed by atoms with E-state index in [1.165, 1.54) is 23.8 Å². The lowest BCUT2D eigenvalue weighted by molar-refractivity contribution is 0.0312. The Labute approximate surface area is 125 Å². The van der Waals surface area contributed by atoms with E-state index in [9.17, 15) is 5.11 Å². The van der Waals surface area contributed by atoms with Crippen LogP contribution < -0.4 is 0 Å². The van der Waals surface area contributed by atoms with E-state index < -0.39 is 0 Å². The number of hydrogen-bond acceptors (Lipinski definition) is 3. The molecule has 3 nitrogen and oxygen atoms in total. The molecule has 2 aliphatic heterocycles. The Morgan fingerprint density at radius 1 is 1.19 bits per heavy atom. The summed E-state index contributed by atoms with van der Waals surface area (Å²) >= 11 is 0. The van der Waals surface area contributed by atoms with Gasteiger partial charge in [-0.3, -0.25) is 9.88 Å². The number of aryl methyl sites for hydroxylation is 1. The first kappa shape index (κ1) is 13.2. The molecular formula is C18H22N2O. The van der Waals surface area contributed by atoms with E-state index in [1.807, 2.05) is 0 Å². The van der Waals surface area contributed by atoms with Crippen molar-refractivity contribution in [2.24, 2.45) is 0 Å². The number of hydrogen-bond donors (Lipinski definition) is 1. The van der Waals surface area contributed by atoms with Crippen LogP contribution in [0.4, 0.5) is 0 Å². The summed E-state index contributed by atoms with van der Waals surface area (Å²) in [6.07, 6.45) is 4.28. The van der Waals surface area contributed by atoms with Gasteiger partial charge in [0.1, 0.15) is 0 Å². The fourth-order valence-corrected chi connectivity index (χ4v) is 4.23. The predicted molar refractivity (Wildman–Crippen MR) is 84.1 cm³/mol. The van der Waals surface area contributed by atoms with Gasteiger partial charge in [0.2, 0.25) is 0 Å². The van der Waals surface area contributed by atoms with Gasteiger partial charge in [-0.25, -0.2) is 0 Å². The number of fused-ring (bicyclic) bond motifs is 3. The SMILES string of the molecule is Cc1cc(CN2C3CCC2CC(O)C3)c2ccccc2n1. The van der Waals surface area contributed by atoms with Crippen LogP contribution in [-0.4, -0.2) is 33.2 Å². The number of nitrogens with zero attached hydrogens (tertiary/aromatic N) is 2. The molecule has 110 valence electrons. The second kappa shape index (κ2) is 5.08. The molecule has 21 heavy (non-hydrogen) atoms. The van der Waals surface area contributed by atoms with E-state index >= 15 is 0 Å². The van der Waals surface area contributed by atoms with E-state index in [0.717, 1.165) is 30.6 Å². The van der Waals surface area contributed by atoms with Crippen molar-refractivity contribution in [1.82, 2.24) is 9.88 Å². The number of para-hydroxylation sites is 1. The van der Waals surface area contributed by atoms with Gasteiger partial charge >= 0.3 is 0 Å². The van der Waals surface area contributed by atoms with Gasteiger partial charge in [-0.05, 0) is 50.3 Å². The molecule has 0 aliphatic carbocycles. The van der Waals surface area contributed by atoms with Crippen molar-refractivity contribution >= 4 is 10.9 Å². The van der Waals surface area contributed by atoms with Gasteiger partial charge < -0.3 is 5.11 Å². The third-order valence-corrected chi connectivity index (χ3v) is 5.14. The van der Waals surface area contributed by atoms with Crippen molar-refractivity contribution in [1.29, 1.82) is 0 Å². The first-order valence-corrected chi connectivity index (χ1v) is 8.00. The Kier molecular flexibility index (Phi) is 3.20. The average Bonchev–Trinajstić information content (AvgIpc) is 2.69. The van der Waals surface area contributed by atoms with Gasteiger partial charge in [0.25, 0.3) is 0 Å². The van der Waals surface area contributed by atoms with Crippen LogP contribution >= 0.6 is 0 Å². The molecule has 1 aromatic heterocycles. The fraction of sp³-hybridized carbons (Fsp3) is 0.500. The number of aliphatic hydroxyl groups is 1. The second-order valence-electron chi connectivity index (χ2n) is 6.62. The van der Waals surface area contributed by atoms with Gasteiger partial charge in [0.15, 0.2) is 0 Å². The summed E-state index contributed by atoms with van der Waals surface area (Å²) in [6.45, 7) is 3.07. The van der Waals surface area contributed by atoms with Crippen LogP contribution in [0.25, 0.3) is 10.9 Å². The number of rotatable bonds is 2. The van der Waals surface area contributed by atoms with E-state index in [0.29, 0.717) is 12.1 Å². The standard InChI is InChI=1S/C18H22N2O/c1-12-8-13(17-4-2-3-5-18(17)19-12)11-20-14-6-7-15(20)10-16(21)9-14/h2-5,8,14-16,21H,6-7,9-11H2,1H3. The van der Waals surface area contributed by atoms with Crippen LogP contribution in [-0.2, 0) is 6.54 Å². The van der Waals surface area contributed by atoms with Crippen molar-refractivity contribution in [3.63, 3.8) is 0 Å². The van der Waals surface area contributed by atoms with Crippen LogP contribution in [0, 0.1) is 6.92 Å². The minimum Gasteiger partial charge on any atom is -0.393 e. The molecule has 0 radical (unpaired) electrons. The molecule has 2 fully saturated rings. The molecule has 0 amide bonds. The summed E-state index contributed by atoms with van der Waals surface area (Å²) in [5.74, 6) is 0. The van der Waals surface area contributed by atoms with Crippen molar-refractivity contribution in [2.45, 2.75) is 57.3 Å². The molecule has 4 rings (SSSR count). The molecule has 0 saturated carbocycles. The molecule has 2 saturated heterocycles. The van der Waals surface area contributed by atoms with Crippen LogP contribution in [0.15, 0.2) is 30.3 Å². The highest BCUT2D eigenvalue weighted by molar-refractivity contribution is 5.82. The Bertz CT molecular complexity index is 655. The highest BCUT2D eigenvalue weighted by Gasteiger charge is 2.40. The Morgan fingerprint density at radius 3 is 2.67 bits per heavy atom. The van der Waals surface area contributed by atoms with E-state index in [2.05, 4.69) is 47.1 Å². The molecule has 0 spiro atoms. The van der Waals surface area contributed by atoms with Crippen LogP contribution in [0.2, 0.25) is 0 Å². The molecule has 1 aromatic carbocycles. The zero-order valence-electron chi connectivity index (χ0n) is 12.5. The van der Waals surface area contributed by atoms with Crippen LogP contribution in [0.1, 0.15) is 36.9 Å². The predicted octanol–water partition coefficient (Wildman–Crippen LogP) is 3.03. The second-order valence-corrected chi connectivity index (χ2v) is 6.62. The lowest BCUT2D eigenvalue weighted by Gasteiger charge is -2.37. The highest BCUT2D eigenvalue weighted by atomic mass is 16.3. The molecule has 2 atom stereocenters. The quantitative estimate of drug-likeness (QED) is 0.920. The molecule has 3 heteroatoms. The van der Waals surface area contributed by atoms with Gasteiger partial charge in [-0.15, -0.1) is 0 Å². The zero-order chi connectivity index (χ0) is 14.4. The van der Waals surface area contributed by atoms with Gasteiger partial charge in [0, 0.05) is 29.7 Å². The van der Waals surface area contributed by atoms with Crippen molar-refractivity contribution in [3.05, 3.63) is 41.6 Å². The van der Waals surface area contributed by atoms with Crippen molar-refractivity contribution < 1.29 is 5.11 Å². The molecule has 1 N–H and O–H groups in total. The molecule has 2 bridgehead atoms. The molecule has 3 heterocycles. The first-order valence-electron chi connectivity index (χ1n) is 8.00. The first-order chi connectivity index (χ1) is 10.2. The number of pyridine rings is 1. The number of piperidine rings is 1. The highest BCUT2D eigenvalue weighted by Crippen LogP contribution is 2.37. The average molecular weight is 282 g/mol. The Morgan fingerprint density at radius 2 is 1.90 bits per heavy atom. The minimum absolute atomic E-state index is 0.0883. The Balaban J connectivity index is 1.69. The van der Waals surface area contributed by atoms with Crippen LogP contribution in [0.3, 0.4) is 0 Å². The summed E-state index contributed by atoms with van der Waals surface area (Å²) in [6, 6.07) is 11.8. The summed E-state index contributed by atoms with van der Waals surface area (Å²) in [7, 11) is 0. The normalized spacial score (nSPS) is 29.1. The van der Waals surface area contributed by atoms with Gasteiger partial charge in [-0.1, -0.05) is 18.2 Å². The fourth-order valence-electron chi connectivity index (χ4n) is 4.23. The minimum atomic E-state index is -0.0883. The van der Waals surface area contributed by atoms with Crippen LogP contribution in [0.5, 0.6) is 0 Å². The summed E-state index contributed by atoms with van der Waals surface area (Å²) < 4.78 is 0. The van der Waals surface area contributed by atoms with E-state index in [-0.39, 0.29) is 6.10 Å². The van der Waals surface area contributed by atoms with Crippen molar-refractivity contribution in [2.75, 3.05) is 0 Å². The maximum Gasteiger partial charge on any atom is 0.0708 e. The summed E-state index contributed by atoms with van der Waals surface area (Å²) in [4.78, 5) is 7.26. The molecular weight excluding hydrogens is 260 g/mol. The summed E-state index contributed by atoms with van der Waals surface area (Å²) in [5, 5.41) is 11.2. The largest absolute Gasteiger partial charge is 0.393 e. The third kappa shape index (κ3) is 2.34. The number of benzene rings is 1. The maximum atomic E-state index is 9.95. The van der Waals surface area contributed by atoms with E-state index in [1.54, 1.807) is 0 Å². The number of aliphatic hydroxyl groups excluding tert-OH is 1. The Hall–Kier alpha value is -1.45. The molecule has 2 aromatic rings.